The molecule has 1 heterocycles. The summed E-state index contributed by atoms with van der Waals surface area (Å²) in [5, 5.41) is 7.35. The topological polar surface area (TPSA) is 66.2 Å². The van der Waals surface area contributed by atoms with Crippen LogP contribution in [-0.4, -0.2) is 29.8 Å². The van der Waals surface area contributed by atoms with Crippen molar-refractivity contribution in [3.8, 4) is 0 Å². The molecule has 0 spiro atoms. The molecule has 0 fully saturated rings. The quantitative estimate of drug-likeness (QED) is 0.718. The Balaban J connectivity index is 1.60. The van der Waals surface area contributed by atoms with Crippen LogP contribution in [0.4, 0.5) is 4.79 Å². The maximum Gasteiger partial charge on any atom is 0.407 e. The molecule has 0 aliphatic carbocycles. The highest BCUT2D eigenvalue weighted by atomic mass is 16.6. The van der Waals surface area contributed by atoms with E-state index in [0.29, 0.717) is 6.54 Å². The molecule has 1 amide bonds. The third-order valence-corrected chi connectivity index (χ3v) is 3.15. The molecule has 5 heteroatoms. The Hall–Kier alpha value is -2.01. The summed E-state index contributed by atoms with van der Waals surface area (Å²) in [4.78, 5) is 14.7. The summed E-state index contributed by atoms with van der Waals surface area (Å²) in [5.74, 6) is 0. The van der Waals surface area contributed by atoms with Crippen LogP contribution < -0.4 is 10.6 Å². The van der Waals surface area contributed by atoms with Crippen LogP contribution in [-0.2, 0) is 11.3 Å². The molecular formula is C17H25N3O2. The summed E-state index contributed by atoms with van der Waals surface area (Å²) in [6.45, 7) is 7.84. The summed E-state index contributed by atoms with van der Waals surface area (Å²) < 4.78 is 5.17. The highest BCUT2D eigenvalue weighted by Gasteiger charge is 2.15. The van der Waals surface area contributed by atoms with Crippen molar-refractivity contribution < 1.29 is 9.53 Å². The SMILES string of the molecule is CC(C)(C)OC(=O)NCCCNCc1ccc2cc[nH]c2c1. The summed E-state index contributed by atoms with van der Waals surface area (Å²) in [7, 11) is 0. The number of fused-ring (bicyclic) bond motifs is 1. The lowest BCUT2D eigenvalue weighted by Crippen LogP contribution is -2.33. The molecule has 0 aliphatic heterocycles. The summed E-state index contributed by atoms with van der Waals surface area (Å²) >= 11 is 0. The van der Waals surface area contributed by atoms with Gasteiger partial charge in [-0.15, -0.1) is 0 Å². The van der Waals surface area contributed by atoms with E-state index in [1.54, 1.807) is 0 Å². The van der Waals surface area contributed by atoms with Gasteiger partial charge in [0.1, 0.15) is 5.60 Å². The minimum absolute atomic E-state index is 0.357. The van der Waals surface area contributed by atoms with Gasteiger partial charge in [-0.25, -0.2) is 4.79 Å². The number of carbonyl (C=O) groups is 1. The third-order valence-electron chi connectivity index (χ3n) is 3.15. The summed E-state index contributed by atoms with van der Waals surface area (Å²) in [6, 6.07) is 8.46. The van der Waals surface area contributed by atoms with Gasteiger partial charge in [0.15, 0.2) is 0 Å². The van der Waals surface area contributed by atoms with Gasteiger partial charge in [0.25, 0.3) is 0 Å². The normalized spacial score (nSPS) is 11.6. The Morgan fingerprint density at radius 1 is 1.23 bits per heavy atom. The van der Waals surface area contributed by atoms with Crippen LogP contribution in [0.2, 0.25) is 0 Å². The van der Waals surface area contributed by atoms with Crippen LogP contribution in [0, 0.1) is 0 Å². The van der Waals surface area contributed by atoms with Gasteiger partial charge in [0.05, 0.1) is 0 Å². The second kappa shape index (κ2) is 7.31. The van der Waals surface area contributed by atoms with Gasteiger partial charge in [-0.3, -0.25) is 0 Å². The lowest BCUT2D eigenvalue weighted by molar-refractivity contribution is 0.0527. The van der Waals surface area contributed by atoms with Crippen molar-refractivity contribution in [1.82, 2.24) is 15.6 Å². The minimum Gasteiger partial charge on any atom is -0.444 e. The molecule has 3 N–H and O–H groups in total. The standard InChI is InChI=1S/C17H25N3O2/c1-17(2,3)22-16(21)20-9-4-8-18-12-13-5-6-14-7-10-19-15(14)11-13/h5-7,10-11,18-19H,4,8-9,12H2,1-3H3,(H,20,21). The summed E-state index contributed by atoms with van der Waals surface area (Å²) in [6.07, 6.45) is 2.46. The van der Waals surface area contributed by atoms with Gasteiger partial charge in [0.2, 0.25) is 0 Å². The lowest BCUT2D eigenvalue weighted by Gasteiger charge is -2.19. The zero-order valence-electron chi connectivity index (χ0n) is 13.5. The number of aromatic amines is 1. The van der Waals surface area contributed by atoms with E-state index >= 15 is 0 Å². The van der Waals surface area contributed by atoms with E-state index in [1.165, 1.54) is 10.9 Å². The molecule has 22 heavy (non-hydrogen) atoms. The first kappa shape index (κ1) is 16.4. The second-order valence-corrected chi connectivity index (χ2v) is 6.36. The molecule has 0 radical (unpaired) electrons. The lowest BCUT2D eigenvalue weighted by atomic mass is 10.1. The number of rotatable bonds is 6. The Bertz CT molecular complexity index is 614. The molecule has 0 saturated carbocycles. The van der Waals surface area contributed by atoms with Crippen molar-refractivity contribution in [2.45, 2.75) is 39.3 Å². The number of alkyl carbamates (subject to hydrolysis) is 1. The second-order valence-electron chi connectivity index (χ2n) is 6.36. The monoisotopic (exact) mass is 303 g/mol. The first-order valence-electron chi connectivity index (χ1n) is 7.68. The highest BCUT2D eigenvalue weighted by Crippen LogP contribution is 2.13. The molecule has 2 aromatic rings. The molecule has 0 unspecified atom stereocenters. The van der Waals surface area contributed by atoms with Crippen molar-refractivity contribution in [2.24, 2.45) is 0 Å². The Morgan fingerprint density at radius 2 is 2.05 bits per heavy atom. The molecule has 0 atom stereocenters. The third kappa shape index (κ3) is 5.41. The van der Waals surface area contributed by atoms with Crippen LogP contribution in [0.3, 0.4) is 0 Å². The van der Waals surface area contributed by atoms with Crippen molar-refractivity contribution in [1.29, 1.82) is 0 Å². The number of benzene rings is 1. The predicted molar refractivity (Wildman–Crippen MR) is 88.9 cm³/mol. The molecule has 0 bridgehead atoms. The first-order chi connectivity index (χ1) is 10.4. The maximum atomic E-state index is 11.5. The molecular weight excluding hydrogens is 278 g/mol. The number of H-pyrrole nitrogens is 1. The first-order valence-corrected chi connectivity index (χ1v) is 7.68. The van der Waals surface area contributed by atoms with E-state index < -0.39 is 5.60 Å². The molecule has 1 aromatic heterocycles. The van der Waals surface area contributed by atoms with Gasteiger partial charge >= 0.3 is 6.09 Å². The fourth-order valence-corrected chi connectivity index (χ4v) is 2.16. The van der Waals surface area contributed by atoms with Crippen molar-refractivity contribution in [2.75, 3.05) is 13.1 Å². The number of amides is 1. The van der Waals surface area contributed by atoms with Crippen LogP contribution in [0.15, 0.2) is 30.5 Å². The number of hydrogen-bond acceptors (Lipinski definition) is 3. The Morgan fingerprint density at radius 3 is 2.82 bits per heavy atom. The average Bonchev–Trinajstić information content (AvgIpc) is 2.88. The smallest absolute Gasteiger partial charge is 0.407 e. The number of carbonyl (C=O) groups excluding carboxylic acids is 1. The van der Waals surface area contributed by atoms with Gasteiger partial charge in [0, 0.05) is 24.8 Å². The van der Waals surface area contributed by atoms with Crippen LogP contribution in [0.1, 0.15) is 32.8 Å². The largest absolute Gasteiger partial charge is 0.444 e. The minimum atomic E-state index is -0.446. The van der Waals surface area contributed by atoms with E-state index in [0.717, 1.165) is 25.0 Å². The highest BCUT2D eigenvalue weighted by molar-refractivity contribution is 5.79. The number of ether oxygens (including phenoxy) is 1. The van der Waals surface area contributed by atoms with E-state index in [-0.39, 0.29) is 6.09 Å². The van der Waals surface area contributed by atoms with E-state index in [2.05, 4.69) is 39.9 Å². The van der Waals surface area contributed by atoms with Crippen LogP contribution >= 0.6 is 0 Å². The van der Waals surface area contributed by atoms with Crippen molar-refractivity contribution in [3.63, 3.8) is 0 Å². The molecule has 120 valence electrons. The van der Waals surface area contributed by atoms with E-state index in [9.17, 15) is 4.79 Å². The fourth-order valence-electron chi connectivity index (χ4n) is 2.16. The fraction of sp³-hybridized carbons (Fsp3) is 0.471. The van der Waals surface area contributed by atoms with Gasteiger partial charge in [-0.1, -0.05) is 12.1 Å². The number of aromatic nitrogens is 1. The van der Waals surface area contributed by atoms with Crippen LogP contribution in [0.5, 0.6) is 0 Å². The van der Waals surface area contributed by atoms with E-state index in [1.807, 2.05) is 27.0 Å². The maximum absolute atomic E-state index is 11.5. The van der Waals surface area contributed by atoms with Gasteiger partial charge < -0.3 is 20.4 Å². The Labute approximate surface area is 131 Å². The molecule has 5 nitrogen and oxygen atoms in total. The zero-order chi connectivity index (χ0) is 16.0. The molecule has 0 aliphatic rings. The zero-order valence-corrected chi connectivity index (χ0v) is 13.5. The van der Waals surface area contributed by atoms with E-state index in [4.69, 9.17) is 4.74 Å². The summed E-state index contributed by atoms with van der Waals surface area (Å²) in [5.41, 5.74) is 1.96. The van der Waals surface area contributed by atoms with Crippen molar-refractivity contribution in [3.05, 3.63) is 36.0 Å². The molecule has 2 rings (SSSR count). The van der Waals surface area contributed by atoms with Crippen molar-refractivity contribution >= 4 is 17.0 Å². The molecule has 1 aromatic carbocycles. The Kier molecular flexibility index (Phi) is 5.44. The van der Waals surface area contributed by atoms with Gasteiger partial charge in [-0.2, -0.15) is 0 Å². The predicted octanol–water partition coefficient (Wildman–Crippen LogP) is 3.17. The number of nitrogens with one attached hydrogen (secondary N) is 3. The number of hydrogen-bond donors (Lipinski definition) is 3. The van der Waals surface area contributed by atoms with Crippen LogP contribution in [0.25, 0.3) is 10.9 Å². The molecule has 0 saturated heterocycles. The average molecular weight is 303 g/mol. The van der Waals surface area contributed by atoms with Gasteiger partial charge in [-0.05, 0) is 56.8 Å².